The number of carbonyl (C=O) groups is 1. The highest BCUT2D eigenvalue weighted by Gasteiger charge is 2.42. The Balaban J connectivity index is 1.68. The maximum Gasteiger partial charge on any atom is 0.222 e. The number of carbonyl (C=O) groups excluding carboxylic acids is 1. The van der Waals surface area contributed by atoms with Crippen molar-refractivity contribution in [2.45, 2.75) is 51.7 Å². The minimum absolute atomic E-state index is 0.171. The summed E-state index contributed by atoms with van der Waals surface area (Å²) < 4.78 is 0. The zero-order valence-electron chi connectivity index (χ0n) is 11.6. The molecule has 2 rings (SSSR count). The molecule has 104 valence electrons. The summed E-state index contributed by atoms with van der Waals surface area (Å²) in [5, 5.41) is 13.2. The first-order valence-corrected chi connectivity index (χ1v) is 7.27. The zero-order chi connectivity index (χ0) is 13.1. The van der Waals surface area contributed by atoms with Crippen molar-refractivity contribution in [2.24, 2.45) is 11.8 Å². The molecule has 3 atom stereocenters. The van der Waals surface area contributed by atoms with Crippen LogP contribution < -0.4 is 5.32 Å². The number of aliphatic hydroxyl groups is 1. The molecule has 1 saturated carbocycles. The molecular formula is C14H26N2O2. The van der Waals surface area contributed by atoms with Gasteiger partial charge in [-0.25, -0.2) is 0 Å². The Kier molecular flexibility index (Phi) is 4.62. The second-order valence-electron chi connectivity index (χ2n) is 6.08. The lowest BCUT2D eigenvalue weighted by Gasteiger charge is -2.18. The Bertz CT molecular complexity index is 294. The van der Waals surface area contributed by atoms with Crippen molar-refractivity contribution in [2.75, 3.05) is 19.6 Å². The van der Waals surface area contributed by atoms with Gasteiger partial charge in [-0.05, 0) is 31.7 Å². The van der Waals surface area contributed by atoms with Crippen LogP contribution >= 0.6 is 0 Å². The van der Waals surface area contributed by atoms with Crippen LogP contribution in [0.15, 0.2) is 0 Å². The van der Waals surface area contributed by atoms with Crippen LogP contribution in [-0.4, -0.2) is 47.7 Å². The van der Waals surface area contributed by atoms with Crippen LogP contribution in [0.4, 0.5) is 0 Å². The molecule has 0 aromatic carbocycles. The van der Waals surface area contributed by atoms with E-state index in [0.29, 0.717) is 24.3 Å². The maximum absolute atomic E-state index is 12.0. The highest BCUT2D eigenvalue weighted by atomic mass is 16.3. The van der Waals surface area contributed by atoms with Crippen molar-refractivity contribution in [1.82, 2.24) is 10.2 Å². The molecule has 0 bridgehead atoms. The third kappa shape index (κ3) is 3.23. The molecule has 2 fully saturated rings. The van der Waals surface area contributed by atoms with Crippen LogP contribution in [0.25, 0.3) is 0 Å². The number of nitrogens with one attached hydrogen (secondary N) is 1. The predicted octanol–water partition coefficient (Wildman–Crippen LogP) is 0.994. The summed E-state index contributed by atoms with van der Waals surface area (Å²) >= 11 is 0. The van der Waals surface area contributed by atoms with Crippen LogP contribution in [0, 0.1) is 11.8 Å². The topological polar surface area (TPSA) is 52.6 Å². The molecule has 1 amide bonds. The Morgan fingerprint density at radius 1 is 1.39 bits per heavy atom. The molecule has 0 aromatic heterocycles. The van der Waals surface area contributed by atoms with E-state index in [2.05, 4.69) is 19.2 Å². The minimum atomic E-state index is -0.171. The fraction of sp³-hybridized carbons (Fsp3) is 0.929. The van der Waals surface area contributed by atoms with Gasteiger partial charge in [-0.2, -0.15) is 0 Å². The number of hydrogen-bond donors (Lipinski definition) is 2. The molecular weight excluding hydrogens is 228 g/mol. The monoisotopic (exact) mass is 254 g/mol. The van der Waals surface area contributed by atoms with Crippen LogP contribution in [0.1, 0.15) is 39.5 Å². The van der Waals surface area contributed by atoms with Crippen LogP contribution in [0.5, 0.6) is 0 Å². The van der Waals surface area contributed by atoms with Gasteiger partial charge >= 0.3 is 0 Å². The van der Waals surface area contributed by atoms with Crippen molar-refractivity contribution < 1.29 is 9.90 Å². The standard InChI is InChI=1S/C14H26N2O2/c1-10(2)15-7-3-4-14(18)16-8-11-5-6-13(17)12(11)9-16/h10-13,15,17H,3-9H2,1-2H3. The van der Waals surface area contributed by atoms with Crippen molar-refractivity contribution in [1.29, 1.82) is 0 Å². The summed E-state index contributed by atoms with van der Waals surface area (Å²) in [7, 11) is 0. The van der Waals surface area contributed by atoms with E-state index in [1.807, 2.05) is 4.90 Å². The summed E-state index contributed by atoms with van der Waals surface area (Å²) in [6, 6.07) is 0.487. The summed E-state index contributed by atoms with van der Waals surface area (Å²) in [5.41, 5.74) is 0. The molecule has 1 saturated heterocycles. The maximum atomic E-state index is 12.0. The summed E-state index contributed by atoms with van der Waals surface area (Å²) in [5.74, 6) is 1.17. The fourth-order valence-corrected chi connectivity index (χ4v) is 3.23. The molecule has 3 unspecified atom stereocenters. The van der Waals surface area contributed by atoms with E-state index in [1.54, 1.807) is 0 Å². The van der Waals surface area contributed by atoms with E-state index >= 15 is 0 Å². The molecule has 1 heterocycles. The lowest BCUT2D eigenvalue weighted by atomic mass is 10.00. The molecule has 18 heavy (non-hydrogen) atoms. The van der Waals surface area contributed by atoms with Gasteiger partial charge in [0.05, 0.1) is 6.10 Å². The lowest BCUT2D eigenvalue weighted by molar-refractivity contribution is -0.130. The molecule has 4 nitrogen and oxygen atoms in total. The van der Waals surface area contributed by atoms with E-state index < -0.39 is 0 Å². The highest BCUT2D eigenvalue weighted by molar-refractivity contribution is 5.76. The zero-order valence-corrected chi connectivity index (χ0v) is 11.6. The number of rotatable bonds is 5. The van der Waals surface area contributed by atoms with Crippen molar-refractivity contribution in [3.8, 4) is 0 Å². The van der Waals surface area contributed by atoms with E-state index in [0.717, 1.165) is 38.9 Å². The Morgan fingerprint density at radius 3 is 2.83 bits per heavy atom. The van der Waals surface area contributed by atoms with Gasteiger partial charge in [0.15, 0.2) is 0 Å². The lowest BCUT2D eigenvalue weighted by Crippen LogP contribution is -2.32. The number of hydrogen-bond acceptors (Lipinski definition) is 3. The van der Waals surface area contributed by atoms with Gasteiger partial charge in [0.1, 0.15) is 0 Å². The number of fused-ring (bicyclic) bond motifs is 1. The fourth-order valence-electron chi connectivity index (χ4n) is 3.23. The summed E-state index contributed by atoms with van der Waals surface area (Å²) in [6.07, 6.45) is 3.39. The predicted molar refractivity (Wildman–Crippen MR) is 71.2 cm³/mol. The van der Waals surface area contributed by atoms with Crippen molar-refractivity contribution >= 4 is 5.91 Å². The third-order valence-electron chi connectivity index (χ3n) is 4.29. The Labute approximate surface area is 110 Å². The third-order valence-corrected chi connectivity index (χ3v) is 4.29. The number of nitrogens with zero attached hydrogens (tertiary/aromatic N) is 1. The van der Waals surface area contributed by atoms with Crippen LogP contribution in [0.2, 0.25) is 0 Å². The summed E-state index contributed by atoms with van der Waals surface area (Å²) in [6.45, 7) is 6.79. The molecule has 1 aliphatic carbocycles. The molecule has 4 heteroatoms. The number of likely N-dealkylation sites (tertiary alicyclic amines) is 1. The summed E-state index contributed by atoms with van der Waals surface area (Å²) in [4.78, 5) is 14.0. The molecule has 2 N–H and O–H groups in total. The number of aliphatic hydroxyl groups excluding tert-OH is 1. The first-order valence-electron chi connectivity index (χ1n) is 7.27. The second kappa shape index (κ2) is 6.02. The van der Waals surface area contributed by atoms with Gasteiger partial charge < -0.3 is 15.3 Å². The minimum Gasteiger partial charge on any atom is -0.393 e. The Hall–Kier alpha value is -0.610. The van der Waals surface area contributed by atoms with E-state index in [1.165, 1.54) is 0 Å². The van der Waals surface area contributed by atoms with Gasteiger partial charge in [-0.1, -0.05) is 13.8 Å². The van der Waals surface area contributed by atoms with Gasteiger partial charge in [-0.3, -0.25) is 4.79 Å². The molecule has 2 aliphatic rings. The smallest absolute Gasteiger partial charge is 0.222 e. The van der Waals surface area contributed by atoms with E-state index in [-0.39, 0.29) is 12.0 Å². The molecule has 1 aliphatic heterocycles. The second-order valence-corrected chi connectivity index (χ2v) is 6.08. The number of amides is 1. The van der Waals surface area contributed by atoms with E-state index in [4.69, 9.17) is 0 Å². The largest absolute Gasteiger partial charge is 0.393 e. The van der Waals surface area contributed by atoms with Crippen molar-refractivity contribution in [3.63, 3.8) is 0 Å². The van der Waals surface area contributed by atoms with Gasteiger partial charge in [0.2, 0.25) is 5.91 Å². The SMILES string of the molecule is CC(C)NCCCC(=O)N1CC2CCC(O)C2C1. The van der Waals surface area contributed by atoms with Gasteiger partial charge in [-0.15, -0.1) is 0 Å². The molecule has 0 aromatic rings. The molecule has 0 radical (unpaired) electrons. The first kappa shape index (κ1) is 13.8. The average Bonchev–Trinajstić information content (AvgIpc) is 2.87. The van der Waals surface area contributed by atoms with Crippen LogP contribution in [0.3, 0.4) is 0 Å². The van der Waals surface area contributed by atoms with Gasteiger partial charge in [0.25, 0.3) is 0 Å². The quantitative estimate of drug-likeness (QED) is 0.720. The van der Waals surface area contributed by atoms with Gasteiger partial charge in [0, 0.05) is 31.5 Å². The first-order chi connectivity index (χ1) is 8.58. The average molecular weight is 254 g/mol. The molecule has 0 spiro atoms. The normalized spacial score (nSPS) is 31.1. The Morgan fingerprint density at radius 2 is 2.17 bits per heavy atom. The highest BCUT2D eigenvalue weighted by Crippen LogP contribution is 2.38. The van der Waals surface area contributed by atoms with E-state index in [9.17, 15) is 9.90 Å². The van der Waals surface area contributed by atoms with Crippen LogP contribution in [-0.2, 0) is 4.79 Å². The van der Waals surface area contributed by atoms with Crippen molar-refractivity contribution in [3.05, 3.63) is 0 Å².